The molecule has 1 aliphatic heterocycles. The molecule has 0 amide bonds. The predicted octanol–water partition coefficient (Wildman–Crippen LogP) is -0.435. The Balaban J connectivity index is 0.000000810. The van der Waals surface area contributed by atoms with Gasteiger partial charge in [-0.1, -0.05) is 6.42 Å². The third kappa shape index (κ3) is 3.01. The summed E-state index contributed by atoms with van der Waals surface area (Å²) in [7, 11) is 0. The van der Waals surface area contributed by atoms with E-state index in [-0.39, 0.29) is 35.6 Å². The summed E-state index contributed by atoms with van der Waals surface area (Å²) < 4.78 is 0. The van der Waals surface area contributed by atoms with E-state index in [0.717, 1.165) is 25.8 Å². The molecule has 1 fully saturated rings. The van der Waals surface area contributed by atoms with Gasteiger partial charge in [0.2, 0.25) is 0 Å². The van der Waals surface area contributed by atoms with E-state index >= 15 is 0 Å². The van der Waals surface area contributed by atoms with Gasteiger partial charge in [0.15, 0.2) is 0 Å². The molecule has 1 heterocycles. The third-order valence-corrected chi connectivity index (χ3v) is 1.61. The van der Waals surface area contributed by atoms with Gasteiger partial charge in [-0.15, -0.1) is 0 Å². The molecule has 0 spiro atoms. The summed E-state index contributed by atoms with van der Waals surface area (Å²) in [5.41, 5.74) is 0. The van der Waals surface area contributed by atoms with Gasteiger partial charge in [-0.2, -0.15) is 0 Å². The van der Waals surface area contributed by atoms with E-state index in [1.165, 1.54) is 0 Å². The second-order valence-electron chi connectivity index (χ2n) is 2.34. The van der Waals surface area contributed by atoms with Crippen molar-refractivity contribution in [1.29, 1.82) is 0 Å². The molecule has 0 aromatic heterocycles. The van der Waals surface area contributed by atoms with E-state index in [2.05, 4.69) is 5.32 Å². The van der Waals surface area contributed by atoms with Gasteiger partial charge in [0.1, 0.15) is 6.04 Å². The van der Waals surface area contributed by atoms with Crippen LogP contribution in [0.5, 0.6) is 0 Å². The molecule has 1 unspecified atom stereocenters. The molecular formula is C6H12NNaO2. The first-order valence-corrected chi connectivity index (χ1v) is 3.27. The Kier molecular flexibility index (Phi) is 5.35. The number of carbonyl (C=O) groups is 1. The normalized spacial score (nSPS) is 25.0. The van der Waals surface area contributed by atoms with Crippen molar-refractivity contribution in [2.75, 3.05) is 6.54 Å². The van der Waals surface area contributed by atoms with E-state index in [9.17, 15) is 4.79 Å². The fraction of sp³-hybridized carbons (Fsp3) is 0.833. The number of carboxylic acids is 1. The van der Waals surface area contributed by atoms with Gasteiger partial charge < -0.3 is 10.4 Å². The summed E-state index contributed by atoms with van der Waals surface area (Å²) in [6.45, 7) is 0.858. The number of carboxylic acid groups (broad SMARTS) is 1. The summed E-state index contributed by atoms with van der Waals surface area (Å²) in [4.78, 5) is 10.3. The third-order valence-electron chi connectivity index (χ3n) is 1.61. The van der Waals surface area contributed by atoms with Crippen LogP contribution in [-0.2, 0) is 4.79 Å². The van der Waals surface area contributed by atoms with Crippen LogP contribution < -0.4 is 5.32 Å². The maximum absolute atomic E-state index is 10.3. The second-order valence-corrected chi connectivity index (χ2v) is 2.34. The van der Waals surface area contributed by atoms with Crippen molar-refractivity contribution >= 4 is 35.5 Å². The first kappa shape index (κ1) is 10.4. The summed E-state index contributed by atoms with van der Waals surface area (Å²) in [6, 6.07) is -0.279. The molecule has 10 heavy (non-hydrogen) atoms. The van der Waals surface area contributed by atoms with E-state index in [1.54, 1.807) is 0 Å². The van der Waals surface area contributed by atoms with Gasteiger partial charge in [-0.05, 0) is 19.4 Å². The van der Waals surface area contributed by atoms with Gasteiger partial charge in [-0.25, -0.2) is 0 Å². The SMILES string of the molecule is O=C(O)C1CCCCN1.[NaH]. The van der Waals surface area contributed by atoms with Gasteiger partial charge in [0.05, 0.1) is 0 Å². The summed E-state index contributed by atoms with van der Waals surface area (Å²) in [5.74, 6) is -0.713. The second kappa shape index (κ2) is 5.13. The number of aliphatic carboxylic acids is 1. The molecule has 1 saturated heterocycles. The number of hydrogen-bond acceptors (Lipinski definition) is 2. The minimum absolute atomic E-state index is 0. The molecule has 0 bridgehead atoms. The van der Waals surface area contributed by atoms with E-state index in [1.807, 2.05) is 0 Å². The Morgan fingerprint density at radius 3 is 2.50 bits per heavy atom. The predicted molar refractivity (Wildman–Crippen MR) is 40.4 cm³/mol. The van der Waals surface area contributed by atoms with Crippen LogP contribution >= 0.6 is 0 Å². The molecule has 0 saturated carbocycles. The van der Waals surface area contributed by atoms with Gasteiger partial charge in [0.25, 0.3) is 0 Å². The van der Waals surface area contributed by atoms with Crippen LogP contribution in [0, 0.1) is 0 Å². The van der Waals surface area contributed by atoms with Crippen LogP contribution in [0.15, 0.2) is 0 Å². The van der Waals surface area contributed by atoms with Gasteiger partial charge in [-0.3, -0.25) is 4.79 Å². The van der Waals surface area contributed by atoms with Crippen LogP contribution in [0.25, 0.3) is 0 Å². The zero-order chi connectivity index (χ0) is 6.69. The molecule has 1 atom stereocenters. The number of nitrogens with one attached hydrogen (secondary N) is 1. The number of hydrogen-bond donors (Lipinski definition) is 2. The van der Waals surface area contributed by atoms with Crippen LogP contribution in [0.2, 0.25) is 0 Å². The van der Waals surface area contributed by atoms with Crippen molar-refractivity contribution in [1.82, 2.24) is 5.32 Å². The Bertz CT molecular complexity index is 112. The van der Waals surface area contributed by atoms with Crippen molar-refractivity contribution in [2.45, 2.75) is 25.3 Å². The summed E-state index contributed by atoms with van der Waals surface area (Å²) >= 11 is 0. The van der Waals surface area contributed by atoms with Crippen molar-refractivity contribution in [3.63, 3.8) is 0 Å². The Hall–Kier alpha value is 0.430. The fourth-order valence-electron chi connectivity index (χ4n) is 1.06. The average molecular weight is 153 g/mol. The molecule has 0 aliphatic carbocycles. The molecule has 54 valence electrons. The first-order chi connectivity index (χ1) is 4.30. The number of piperidine rings is 1. The standard InChI is InChI=1S/C6H11NO2.Na.H/c8-6(9)5-3-1-2-4-7-5;;/h5,7H,1-4H2,(H,8,9);;. The summed E-state index contributed by atoms with van der Waals surface area (Å²) in [6.07, 6.45) is 2.95. The maximum atomic E-state index is 10.3. The molecule has 2 N–H and O–H groups in total. The van der Waals surface area contributed by atoms with Gasteiger partial charge in [0, 0.05) is 0 Å². The molecule has 0 aromatic carbocycles. The zero-order valence-electron chi connectivity index (χ0n) is 5.26. The van der Waals surface area contributed by atoms with E-state index in [0.29, 0.717) is 0 Å². The Morgan fingerprint density at radius 2 is 2.20 bits per heavy atom. The first-order valence-electron chi connectivity index (χ1n) is 3.27. The molecule has 0 radical (unpaired) electrons. The molecule has 3 nitrogen and oxygen atoms in total. The minimum atomic E-state index is -0.713. The van der Waals surface area contributed by atoms with E-state index < -0.39 is 5.97 Å². The van der Waals surface area contributed by atoms with Crippen LogP contribution in [0.3, 0.4) is 0 Å². The fourth-order valence-corrected chi connectivity index (χ4v) is 1.06. The average Bonchev–Trinajstić information content (AvgIpc) is 1.90. The Morgan fingerprint density at radius 1 is 1.50 bits per heavy atom. The van der Waals surface area contributed by atoms with Crippen molar-refractivity contribution in [2.24, 2.45) is 0 Å². The molecule has 1 rings (SSSR count). The summed E-state index contributed by atoms with van der Waals surface area (Å²) in [5, 5.41) is 11.4. The molecule has 4 heteroatoms. The van der Waals surface area contributed by atoms with Crippen LogP contribution in [-0.4, -0.2) is 53.2 Å². The van der Waals surface area contributed by atoms with Crippen molar-refractivity contribution in [3.8, 4) is 0 Å². The monoisotopic (exact) mass is 153 g/mol. The molecule has 1 aliphatic rings. The molecule has 0 aromatic rings. The topological polar surface area (TPSA) is 49.3 Å². The zero-order valence-corrected chi connectivity index (χ0v) is 5.26. The van der Waals surface area contributed by atoms with Gasteiger partial charge >= 0.3 is 35.5 Å². The quantitative estimate of drug-likeness (QED) is 0.502. The Labute approximate surface area is 82.5 Å². The molecular weight excluding hydrogens is 141 g/mol. The van der Waals surface area contributed by atoms with Crippen LogP contribution in [0.4, 0.5) is 0 Å². The van der Waals surface area contributed by atoms with Crippen molar-refractivity contribution < 1.29 is 9.90 Å². The van der Waals surface area contributed by atoms with E-state index in [4.69, 9.17) is 5.11 Å². The van der Waals surface area contributed by atoms with Crippen LogP contribution in [0.1, 0.15) is 19.3 Å². The number of rotatable bonds is 1. The van der Waals surface area contributed by atoms with Crippen molar-refractivity contribution in [3.05, 3.63) is 0 Å².